The number of rotatable bonds is 5. The summed E-state index contributed by atoms with van der Waals surface area (Å²) in [6, 6.07) is 79.1. The number of benzene rings is 9. The Kier molecular flexibility index (Phi) is 8.04. The molecule has 1 aliphatic heterocycles. The van der Waals surface area contributed by atoms with Gasteiger partial charge in [0.25, 0.3) is 0 Å². The smallest absolute Gasteiger partial charge is 0.160 e. The first kappa shape index (κ1) is 34.7. The molecule has 0 saturated heterocycles. The summed E-state index contributed by atoms with van der Waals surface area (Å²) in [5.74, 6) is 0.701. The number of nitrogens with zero attached hydrogens (tertiary/aromatic N) is 2. The number of aromatic nitrogens is 2. The van der Waals surface area contributed by atoms with E-state index in [1.807, 2.05) is 17.8 Å². The summed E-state index contributed by atoms with van der Waals surface area (Å²) in [7, 11) is 0. The molecule has 0 bridgehead atoms. The summed E-state index contributed by atoms with van der Waals surface area (Å²) in [5.41, 5.74) is 17.3. The molecule has 0 unspecified atom stereocenters. The number of fused-ring (bicyclic) bond motifs is 10. The first-order chi connectivity index (χ1) is 29.7. The second kappa shape index (κ2) is 13.9. The summed E-state index contributed by atoms with van der Waals surface area (Å²) in [5, 5.41) is 2.36. The maximum Gasteiger partial charge on any atom is 0.160 e. The maximum absolute atomic E-state index is 5.30. The van der Waals surface area contributed by atoms with E-state index in [0.29, 0.717) is 5.82 Å². The summed E-state index contributed by atoms with van der Waals surface area (Å²) in [6.07, 6.45) is 0. The number of hydrogen-bond acceptors (Lipinski definition) is 3. The molecule has 9 aromatic carbocycles. The van der Waals surface area contributed by atoms with Crippen molar-refractivity contribution in [3.63, 3.8) is 0 Å². The molecular weight excluding hydrogens is 745 g/mol. The van der Waals surface area contributed by atoms with E-state index in [4.69, 9.17) is 9.97 Å². The van der Waals surface area contributed by atoms with E-state index in [0.717, 1.165) is 39.0 Å². The lowest BCUT2D eigenvalue weighted by atomic mass is 9.67. The third-order valence-electron chi connectivity index (χ3n) is 12.4. The minimum absolute atomic E-state index is 0.376. The number of hydrogen-bond donors (Lipinski definition) is 0. The minimum Gasteiger partial charge on any atom is -0.228 e. The minimum atomic E-state index is -0.376. The quantitative estimate of drug-likeness (QED) is 0.174. The first-order valence-corrected chi connectivity index (χ1v) is 21.3. The Labute approximate surface area is 353 Å². The second-order valence-corrected chi connectivity index (χ2v) is 16.7. The topological polar surface area (TPSA) is 25.8 Å². The highest BCUT2D eigenvalue weighted by molar-refractivity contribution is 7.99. The molecule has 280 valence electrons. The highest BCUT2D eigenvalue weighted by Crippen LogP contribution is 2.62. The van der Waals surface area contributed by atoms with E-state index >= 15 is 0 Å². The maximum atomic E-state index is 5.30. The zero-order valence-electron chi connectivity index (χ0n) is 32.6. The molecule has 0 radical (unpaired) electrons. The summed E-state index contributed by atoms with van der Waals surface area (Å²) >= 11 is 1.88. The average Bonchev–Trinajstić information content (AvgIpc) is 3.62. The summed E-state index contributed by atoms with van der Waals surface area (Å²) in [6.45, 7) is 0. The lowest BCUT2D eigenvalue weighted by Gasteiger charge is -2.39. The van der Waals surface area contributed by atoms with Crippen molar-refractivity contribution in [2.75, 3.05) is 0 Å². The molecule has 1 spiro atoms. The van der Waals surface area contributed by atoms with Crippen molar-refractivity contribution >= 4 is 22.5 Å². The molecule has 0 saturated carbocycles. The van der Waals surface area contributed by atoms with Gasteiger partial charge in [-0.3, -0.25) is 0 Å². The van der Waals surface area contributed by atoms with Crippen molar-refractivity contribution in [3.8, 4) is 67.3 Å². The summed E-state index contributed by atoms with van der Waals surface area (Å²) < 4.78 is 0. The van der Waals surface area contributed by atoms with Gasteiger partial charge < -0.3 is 0 Å². The van der Waals surface area contributed by atoms with Gasteiger partial charge in [0.2, 0.25) is 0 Å². The Morgan fingerprint density at radius 3 is 1.53 bits per heavy atom. The van der Waals surface area contributed by atoms with Gasteiger partial charge in [-0.15, -0.1) is 0 Å². The van der Waals surface area contributed by atoms with Crippen molar-refractivity contribution in [2.45, 2.75) is 15.2 Å². The van der Waals surface area contributed by atoms with E-state index < -0.39 is 0 Å². The van der Waals surface area contributed by atoms with Gasteiger partial charge in [0.05, 0.1) is 16.8 Å². The SMILES string of the molecule is c1ccc(-c2cc(-c3ccc(-c4ccccc4)c4ccccc34)nc(-c3ccc(-c4ccc5c(c4)Sc4ccccc4C54c5ccccc5-c5ccccc54)cc3)n2)cc1. The van der Waals surface area contributed by atoms with Crippen LogP contribution in [0.3, 0.4) is 0 Å². The van der Waals surface area contributed by atoms with Crippen molar-refractivity contribution < 1.29 is 0 Å². The van der Waals surface area contributed by atoms with Crippen LogP contribution in [0.1, 0.15) is 22.3 Å². The summed E-state index contributed by atoms with van der Waals surface area (Å²) in [4.78, 5) is 13.1. The van der Waals surface area contributed by atoms with Crippen LogP contribution in [0.5, 0.6) is 0 Å². The predicted octanol–water partition coefficient (Wildman–Crippen LogP) is 14.8. The van der Waals surface area contributed by atoms with E-state index in [-0.39, 0.29) is 5.41 Å². The average molecular weight is 781 g/mol. The van der Waals surface area contributed by atoms with Gasteiger partial charge in [0.15, 0.2) is 5.82 Å². The standard InChI is InChI=1S/C57H36N2S/c1-3-15-38(16-4-1)42-32-33-47(44-20-8-7-19-43(42)44)53-36-52(39-17-5-2-6-18-39)58-56(59-53)40-29-27-37(28-30-40)41-31-34-51-55(35-41)60-54-26-14-13-25-50(54)57(51)48-23-11-9-21-45(48)46-22-10-12-24-49(46)57/h1-36H. The largest absolute Gasteiger partial charge is 0.228 e. The third kappa shape index (κ3) is 5.36. The fourth-order valence-corrected chi connectivity index (χ4v) is 10.9. The molecule has 3 heteroatoms. The molecule has 12 rings (SSSR count). The van der Waals surface area contributed by atoms with E-state index in [2.05, 4.69) is 212 Å². The molecular formula is C57H36N2S. The molecule has 1 aliphatic carbocycles. The lowest BCUT2D eigenvalue weighted by Crippen LogP contribution is -2.31. The molecule has 0 atom stereocenters. The Morgan fingerprint density at radius 2 is 0.817 bits per heavy atom. The van der Waals surface area contributed by atoms with E-state index in [9.17, 15) is 0 Å². The zero-order valence-corrected chi connectivity index (χ0v) is 33.4. The fraction of sp³-hybridized carbons (Fsp3) is 0.0175. The van der Waals surface area contributed by atoms with Crippen LogP contribution in [0.4, 0.5) is 0 Å². The van der Waals surface area contributed by atoms with Crippen LogP contribution >= 0.6 is 11.8 Å². The van der Waals surface area contributed by atoms with Gasteiger partial charge in [-0.2, -0.15) is 0 Å². The van der Waals surface area contributed by atoms with Crippen LogP contribution in [0.2, 0.25) is 0 Å². The van der Waals surface area contributed by atoms with Crippen LogP contribution in [-0.2, 0) is 5.41 Å². The molecule has 0 fully saturated rings. The molecule has 0 N–H and O–H groups in total. The zero-order chi connectivity index (χ0) is 39.6. The molecule has 1 aromatic heterocycles. The first-order valence-electron chi connectivity index (χ1n) is 20.5. The Morgan fingerprint density at radius 1 is 0.300 bits per heavy atom. The highest BCUT2D eigenvalue weighted by Gasteiger charge is 2.50. The molecule has 0 amide bonds. The Bertz CT molecular complexity index is 3240. The normalized spacial score (nSPS) is 13.1. The van der Waals surface area contributed by atoms with Crippen LogP contribution in [-0.4, -0.2) is 9.97 Å². The molecule has 2 nitrogen and oxygen atoms in total. The molecule has 10 aromatic rings. The lowest BCUT2D eigenvalue weighted by molar-refractivity contribution is 0.722. The monoisotopic (exact) mass is 780 g/mol. The van der Waals surface area contributed by atoms with Crippen LogP contribution in [0, 0.1) is 0 Å². The van der Waals surface area contributed by atoms with Crippen LogP contribution < -0.4 is 0 Å². The highest BCUT2D eigenvalue weighted by atomic mass is 32.2. The van der Waals surface area contributed by atoms with Gasteiger partial charge >= 0.3 is 0 Å². The molecule has 2 heterocycles. The van der Waals surface area contributed by atoms with E-state index in [1.54, 1.807) is 0 Å². The van der Waals surface area contributed by atoms with Crippen molar-refractivity contribution in [2.24, 2.45) is 0 Å². The Hall–Kier alpha value is -7.33. The van der Waals surface area contributed by atoms with Gasteiger partial charge in [-0.25, -0.2) is 9.97 Å². The van der Waals surface area contributed by atoms with E-state index in [1.165, 1.54) is 65.2 Å². The molecule has 2 aliphatic rings. The van der Waals surface area contributed by atoms with Gasteiger partial charge in [-0.1, -0.05) is 212 Å². The van der Waals surface area contributed by atoms with Crippen LogP contribution in [0.15, 0.2) is 228 Å². The third-order valence-corrected chi connectivity index (χ3v) is 13.5. The van der Waals surface area contributed by atoms with Crippen molar-refractivity contribution in [1.29, 1.82) is 0 Å². The van der Waals surface area contributed by atoms with Gasteiger partial charge in [0, 0.05) is 26.5 Å². The second-order valence-electron chi connectivity index (χ2n) is 15.6. The van der Waals surface area contributed by atoms with Gasteiger partial charge in [-0.05, 0) is 84.6 Å². The van der Waals surface area contributed by atoms with Crippen LogP contribution in [0.25, 0.3) is 78.1 Å². The van der Waals surface area contributed by atoms with Gasteiger partial charge in [0.1, 0.15) is 0 Å². The predicted molar refractivity (Wildman–Crippen MR) is 248 cm³/mol. The Balaban J connectivity index is 0.961. The molecule has 60 heavy (non-hydrogen) atoms. The van der Waals surface area contributed by atoms with Crippen molar-refractivity contribution in [1.82, 2.24) is 9.97 Å². The van der Waals surface area contributed by atoms with Crippen molar-refractivity contribution in [3.05, 3.63) is 241 Å². The fourth-order valence-electron chi connectivity index (χ4n) is 9.72.